The zero-order chi connectivity index (χ0) is 14.5. The Morgan fingerprint density at radius 3 is 2.81 bits per heavy atom. The van der Waals surface area contributed by atoms with Crippen LogP contribution in [-0.4, -0.2) is 11.0 Å². The predicted molar refractivity (Wildman–Crippen MR) is 89.5 cm³/mol. The van der Waals surface area contributed by atoms with E-state index in [4.69, 9.17) is 4.98 Å². The lowest BCUT2D eigenvalue weighted by Crippen LogP contribution is -2.16. The van der Waals surface area contributed by atoms with E-state index in [0.717, 1.165) is 18.1 Å². The van der Waals surface area contributed by atoms with Crippen LogP contribution in [-0.2, 0) is 13.0 Å². The topological polar surface area (TPSA) is 24.9 Å². The van der Waals surface area contributed by atoms with Crippen molar-refractivity contribution in [3.8, 4) is 0 Å². The molecule has 0 spiro atoms. The van der Waals surface area contributed by atoms with E-state index in [2.05, 4.69) is 42.6 Å². The van der Waals surface area contributed by atoms with Crippen LogP contribution in [0.2, 0.25) is 0 Å². The third-order valence-electron chi connectivity index (χ3n) is 4.30. The minimum atomic E-state index is 0.742. The fourth-order valence-electron chi connectivity index (χ4n) is 2.88. The number of para-hydroxylation sites is 1. The molecular weight excluding hydrogens is 256 g/mol. The molecule has 1 aromatic carbocycles. The highest BCUT2D eigenvalue weighted by atomic mass is 15.0. The summed E-state index contributed by atoms with van der Waals surface area (Å²) in [5.74, 6) is 0. The Kier molecular flexibility index (Phi) is 4.87. The molecule has 2 nitrogen and oxygen atoms in total. The summed E-state index contributed by atoms with van der Waals surface area (Å²) in [5.41, 5.74) is 3.83. The van der Waals surface area contributed by atoms with E-state index in [1.807, 2.05) is 0 Å². The zero-order valence-electron chi connectivity index (χ0n) is 13.1. The van der Waals surface area contributed by atoms with Crippen molar-refractivity contribution in [1.82, 2.24) is 10.3 Å². The Morgan fingerprint density at radius 1 is 1.14 bits per heavy atom. The Morgan fingerprint density at radius 2 is 2.00 bits per heavy atom. The van der Waals surface area contributed by atoms with Crippen molar-refractivity contribution in [3.63, 3.8) is 0 Å². The molecule has 0 amide bonds. The largest absolute Gasteiger partial charge is 0.308 e. The fraction of sp³-hybridized carbons (Fsp3) is 0.526. The van der Waals surface area contributed by atoms with Crippen molar-refractivity contribution in [3.05, 3.63) is 41.6 Å². The first-order valence-electron chi connectivity index (χ1n) is 8.47. The molecule has 1 fully saturated rings. The summed E-state index contributed by atoms with van der Waals surface area (Å²) in [6.45, 7) is 3.18. The highest BCUT2D eigenvalue weighted by Gasteiger charge is 2.20. The number of rotatable bonds is 8. The number of nitrogens with one attached hydrogen (secondary N) is 1. The molecular formula is C19H26N2. The SMILES string of the molecule is CCCCCCc1cc(CNC2CC2)nc2ccccc12. The molecule has 1 aliphatic rings. The van der Waals surface area contributed by atoms with Crippen LogP contribution in [0.3, 0.4) is 0 Å². The Hall–Kier alpha value is -1.41. The maximum Gasteiger partial charge on any atom is 0.0708 e. The normalized spacial score (nSPS) is 14.7. The van der Waals surface area contributed by atoms with Crippen molar-refractivity contribution in [2.24, 2.45) is 0 Å². The molecule has 1 N–H and O–H groups in total. The van der Waals surface area contributed by atoms with E-state index in [0.29, 0.717) is 0 Å². The van der Waals surface area contributed by atoms with Gasteiger partial charge in [-0.15, -0.1) is 0 Å². The Balaban J connectivity index is 1.76. The molecule has 1 aromatic heterocycles. The highest BCUT2D eigenvalue weighted by molar-refractivity contribution is 5.82. The van der Waals surface area contributed by atoms with Crippen LogP contribution in [0.1, 0.15) is 56.7 Å². The molecule has 0 saturated heterocycles. The lowest BCUT2D eigenvalue weighted by Gasteiger charge is -2.10. The number of hydrogen-bond acceptors (Lipinski definition) is 2. The van der Waals surface area contributed by atoms with Crippen LogP contribution >= 0.6 is 0 Å². The number of fused-ring (bicyclic) bond motifs is 1. The van der Waals surface area contributed by atoms with Gasteiger partial charge in [0.05, 0.1) is 11.2 Å². The van der Waals surface area contributed by atoms with Crippen molar-refractivity contribution in [2.45, 2.75) is 64.5 Å². The van der Waals surface area contributed by atoms with Crippen molar-refractivity contribution >= 4 is 10.9 Å². The van der Waals surface area contributed by atoms with Crippen molar-refractivity contribution in [2.75, 3.05) is 0 Å². The van der Waals surface area contributed by atoms with Crippen LogP contribution in [0.15, 0.2) is 30.3 Å². The third-order valence-corrected chi connectivity index (χ3v) is 4.30. The molecule has 0 unspecified atom stereocenters. The lowest BCUT2D eigenvalue weighted by atomic mass is 10.0. The van der Waals surface area contributed by atoms with Gasteiger partial charge in [-0.2, -0.15) is 0 Å². The second-order valence-electron chi connectivity index (χ2n) is 6.26. The summed E-state index contributed by atoms with van der Waals surface area (Å²) in [7, 11) is 0. The summed E-state index contributed by atoms with van der Waals surface area (Å²) >= 11 is 0. The second kappa shape index (κ2) is 7.04. The van der Waals surface area contributed by atoms with E-state index >= 15 is 0 Å². The molecule has 1 saturated carbocycles. The van der Waals surface area contributed by atoms with E-state index in [1.54, 1.807) is 0 Å². The summed E-state index contributed by atoms with van der Waals surface area (Å²) in [4.78, 5) is 4.82. The van der Waals surface area contributed by atoms with Gasteiger partial charge in [-0.1, -0.05) is 44.4 Å². The monoisotopic (exact) mass is 282 g/mol. The zero-order valence-corrected chi connectivity index (χ0v) is 13.1. The van der Waals surface area contributed by atoms with E-state index in [9.17, 15) is 0 Å². The minimum absolute atomic E-state index is 0.742. The van der Waals surface area contributed by atoms with Gasteiger partial charge in [-0.25, -0.2) is 0 Å². The van der Waals surface area contributed by atoms with Gasteiger partial charge in [0.1, 0.15) is 0 Å². The molecule has 112 valence electrons. The average molecular weight is 282 g/mol. The number of hydrogen-bond donors (Lipinski definition) is 1. The first kappa shape index (κ1) is 14.5. The van der Waals surface area contributed by atoms with Gasteiger partial charge in [0.15, 0.2) is 0 Å². The number of benzene rings is 1. The maximum atomic E-state index is 4.82. The molecule has 21 heavy (non-hydrogen) atoms. The highest BCUT2D eigenvalue weighted by Crippen LogP contribution is 2.22. The van der Waals surface area contributed by atoms with Gasteiger partial charge in [-0.05, 0) is 43.4 Å². The number of aryl methyl sites for hydroxylation is 1. The first-order valence-corrected chi connectivity index (χ1v) is 8.47. The van der Waals surface area contributed by atoms with E-state index in [-0.39, 0.29) is 0 Å². The molecule has 1 aliphatic carbocycles. The van der Waals surface area contributed by atoms with Crippen LogP contribution in [0.5, 0.6) is 0 Å². The molecule has 1 heterocycles. The van der Waals surface area contributed by atoms with Crippen LogP contribution < -0.4 is 5.32 Å². The summed E-state index contributed by atoms with van der Waals surface area (Å²) in [6.07, 6.45) is 9.11. The summed E-state index contributed by atoms with van der Waals surface area (Å²) in [6, 6.07) is 11.6. The molecule has 0 aliphatic heterocycles. The molecule has 2 aromatic rings. The van der Waals surface area contributed by atoms with Gasteiger partial charge in [0.2, 0.25) is 0 Å². The smallest absolute Gasteiger partial charge is 0.0708 e. The third kappa shape index (κ3) is 4.04. The van der Waals surface area contributed by atoms with Crippen LogP contribution in [0, 0.1) is 0 Å². The standard InChI is InChI=1S/C19H26N2/c1-2-3-4-5-8-15-13-17(14-20-16-11-12-16)21-19-10-7-6-9-18(15)19/h6-7,9-10,13,16,20H,2-5,8,11-12,14H2,1H3. The average Bonchev–Trinajstić information content (AvgIpc) is 3.34. The number of pyridine rings is 1. The first-order chi connectivity index (χ1) is 10.4. The number of unbranched alkanes of at least 4 members (excludes halogenated alkanes) is 3. The Bertz CT molecular complexity index is 587. The molecule has 2 heteroatoms. The van der Waals surface area contributed by atoms with Crippen LogP contribution in [0.25, 0.3) is 10.9 Å². The van der Waals surface area contributed by atoms with Gasteiger partial charge < -0.3 is 5.32 Å². The number of aromatic nitrogens is 1. The van der Waals surface area contributed by atoms with Gasteiger partial charge >= 0.3 is 0 Å². The van der Waals surface area contributed by atoms with Crippen molar-refractivity contribution in [1.29, 1.82) is 0 Å². The van der Waals surface area contributed by atoms with Gasteiger partial charge in [-0.3, -0.25) is 4.98 Å². The Labute approximate surface area is 128 Å². The quantitative estimate of drug-likeness (QED) is 0.715. The predicted octanol–water partition coefficient (Wildman–Crippen LogP) is 4.61. The number of nitrogens with zero attached hydrogens (tertiary/aromatic N) is 1. The lowest BCUT2D eigenvalue weighted by molar-refractivity contribution is 0.662. The van der Waals surface area contributed by atoms with E-state index < -0.39 is 0 Å². The fourth-order valence-corrected chi connectivity index (χ4v) is 2.88. The summed E-state index contributed by atoms with van der Waals surface area (Å²) < 4.78 is 0. The molecule has 0 bridgehead atoms. The maximum absolute atomic E-state index is 4.82. The molecule has 0 atom stereocenters. The van der Waals surface area contributed by atoms with Crippen LogP contribution in [0.4, 0.5) is 0 Å². The molecule has 0 radical (unpaired) electrons. The van der Waals surface area contributed by atoms with E-state index in [1.165, 1.54) is 61.6 Å². The van der Waals surface area contributed by atoms with Crippen molar-refractivity contribution < 1.29 is 0 Å². The minimum Gasteiger partial charge on any atom is -0.308 e. The second-order valence-corrected chi connectivity index (χ2v) is 6.26. The molecule has 3 rings (SSSR count). The van der Waals surface area contributed by atoms with Gasteiger partial charge in [0, 0.05) is 18.0 Å². The summed E-state index contributed by atoms with van der Waals surface area (Å²) in [5, 5.41) is 4.92. The van der Waals surface area contributed by atoms with Gasteiger partial charge in [0.25, 0.3) is 0 Å².